The molecule has 0 bridgehead atoms. The predicted octanol–water partition coefficient (Wildman–Crippen LogP) is 1.17. The summed E-state index contributed by atoms with van der Waals surface area (Å²) in [6.45, 7) is 5.61. The summed E-state index contributed by atoms with van der Waals surface area (Å²) < 4.78 is 4.73. The van der Waals surface area contributed by atoms with E-state index in [1.54, 1.807) is 20.0 Å². The van der Waals surface area contributed by atoms with Crippen molar-refractivity contribution in [3.05, 3.63) is 29.6 Å². The Kier molecular flexibility index (Phi) is 5.30. The smallest absolute Gasteiger partial charge is 0.325 e. The lowest BCUT2D eigenvalue weighted by Crippen LogP contribution is -2.33. The van der Waals surface area contributed by atoms with E-state index < -0.39 is 5.97 Å². The summed E-state index contributed by atoms with van der Waals surface area (Å²) in [7, 11) is 0. The van der Waals surface area contributed by atoms with Crippen molar-refractivity contribution in [2.45, 2.75) is 26.7 Å². The summed E-state index contributed by atoms with van der Waals surface area (Å²) in [5, 5.41) is 2.53. The molecular formula is C13H18N2O3. The molecule has 0 spiro atoms. The Labute approximate surface area is 107 Å². The van der Waals surface area contributed by atoms with E-state index in [2.05, 4.69) is 10.3 Å². The van der Waals surface area contributed by atoms with Crippen molar-refractivity contribution in [3.63, 3.8) is 0 Å². The first-order valence-corrected chi connectivity index (χ1v) is 5.90. The Hall–Kier alpha value is -1.91. The van der Waals surface area contributed by atoms with Crippen LogP contribution in [0.1, 0.15) is 31.0 Å². The third-order valence-corrected chi connectivity index (χ3v) is 2.49. The molecule has 1 rings (SSSR count). The number of aromatic nitrogens is 1. The summed E-state index contributed by atoms with van der Waals surface area (Å²) in [6, 6.07) is 3.72. The van der Waals surface area contributed by atoms with Gasteiger partial charge in [0.25, 0.3) is 0 Å². The molecule has 0 aromatic carbocycles. The Morgan fingerprint density at radius 2 is 2.22 bits per heavy atom. The molecule has 1 aromatic heterocycles. The third kappa shape index (κ3) is 4.16. The van der Waals surface area contributed by atoms with Crippen LogP contribution in [0.15, 0.2) is 18.3 Å². The van der Waals surface area contributed by atoms with Crippen LogP contribution in [0, 0.1) is 6.92 Å². The highest BCUT2D eigenvalue weighted by molar-refractivity contribution is 5.86. The molecule has 0 fully saturated rings. The highest BCUT2D eigenvalue weighted by atomic mass is 16.5. The van der Waals surface area contributed by atoms with Crippen LogP contribution in [-0.2, 0) is 14.3 Å². The van der Waals surface area contributed by atoms with E-state index in [1.165, 1.54) is 0 Å². The largest absolute Gasteiger partial charge is 0.465 e. The molecule has 1 amide bonds. The van der Waals surface area contributed by atoms with Crippen LogP contribution in [0.5, 0.6) is 0 Å². The maximum atomic E-state index is 11.8. The number of carbonyl (C=O) groups is 2. The molecule has 0 aliphatic rings. The van der Waals surface area contributed by atoms with E-state index in [4.69, 9.17) is 4.74 Å². The van der Waals surface area contributed by atoms with Crippen molar-refractivity contribution >= 4 is 11.9 Å². The summed E-state index contributed by atoms with van der Waals surface area (Å²) in [5.41, 5.74) is 1.74. The van der Waals surface area contributed by atoms with E-state index in [9.17, 15) is 9.59 Å². The van der Waals surface area contributed by atoms with Gasteiger partial charge >= 0.3 is 5.97 Å². The minimum Gasteiger partial charge on any atom is -0.465 e. The zero-order chi connectivity index (χ0) is 13.5. The first kappa shape index (κ1) is 14.2. The van der Waals surface area contributed by atoms with Gasteiger partial charge in [-0.1, -0.05) is 0 Å². The molecule has 0 radical (unpaired) electrons. The number of carbonyl (C=O) groups excluding carboxylic acids is 2. The lowest BCUT2D eigenvalue weighted by molar-refractivity contribution is -0.143. The molecule has 1 atom stereocenters. The number of esters is 1. The highest BCUT2D eigenvalue weighted by Gasteiger charge is 2.17. The van der Waals surface area contributed by atoms with Gasteiger partial charge in [-0.3, -0.25) is 14.6 Å². The van der Waals surface area contributed by atoms with E-state index in [0.717, 1.165) is 5.56 Å². The number of nitrogens with zero attached hydrogens (tertiary/aromatic N) is 1. The zero-order valence-electron chi connectivity index (χ0n) is 10.9. The number of amides is 1. The fourth-order valence-electron chi connectivity index (χ4n) is 1.46. The van der Waals surface area contributed by atoms with Gasteiger partial charge < -0.3 is 10.1 Å². The average Bonchev–Trinajstić information content (AvgIpc) is 2.35. The van der Waals surface area contributed by atoms with Crippen LogP contribution < -0.4 is 5.32 Å². The second kappa shape index (κ2) is 6.74. The number of aryl methyl sites for hydroxylation is 1. The lowest BCUT2D eigenvalue weighted by Gasteiger charge is -2.11. The second-order valence-electron chi connectivity index (χ2n) is 4.00. The number of rotatable bonds is 5. The number of hydrogen-bond donors (Lipinski definition) is 1. The number of ether oxygens (including phenoxy) is 1. The van der Waals surface area contributed by atoms with Gasteiger partial charge in [-0.25, -0.2) is 0 Å². The maximum absolute atomic E-state index is 11.8. The van der Waals surface area contributed by atoms with Crippen LogP contribution in [0.25, 0.3) is 0 Å². The SMILES string of the molecule is CCOC(=O)CNC(=O)[C@H](C)c1cc(C)ccn1. The van der Waals surface area contributed by atoms with Crippen molar-refractivity contribution in [3.8, 4) is 0 Å². The molecule has 0 aliphatic carbocycles. The lowest BCUT2D eigenvalue weighted by atomic mass is 10.1. The average molecular weight is 250 g/mol. The predicted molar refractivity (Wildman–Crippen MR) is 67.0 cm³/mol. The van der Waals surface area contributed by atoms with Crippen molar-refractivity contribution in [1.82, 2.24) is 10.3 Å². The van der Waals surface area contributed by atoms with Gasteiger partial charge in [-0.05, 0) is 38.5 Å². The van der Waals surface area contributed by atoms with Gasteiger partial charge in [0.15, 0.2) is 0 Å². The standard InChI is InChI=1S/C13H18N2O3/c1-4-18-12(16)8-15-13(17)10(3)11-7-9(2)5-6-14-11/h5-7,10H,4,8H2,1-3H3,(H,15,17)/t10-/m1/s1. The third-order valence-electron chi connectivity index (χ3n) is 2.49. The van der Waals surface area contributed by atoms with E-state index >= 15 is 0 Å². The van der Waals surface area contributed by atoms with Crippen molar-refractivity contribution < 1.29 is 14.3 Å². The van der Waals surface area contributed by atoms with Crippen LogP contribution in [0.2, 0.25) is 0 Å². The summed E-state index contributed by atoms with van der Waals surface area (Å²) in [4.78, 5) is 27.1. The molecule has 0 saturated heterocycles. The summed E-state index contributed by atoms with van der Waals surface area (Å²) in [5.74, 6) is -1.06. The van der Waals surface area contributed by atoms with Crippen molar-refractivity contribution in [2.75, 3.05) is 13.2 Å². The first-order chi connectivity index (χ1) is 8.54. The molecule has 0 aliphatic heterocycles. The van der Waals surface area contributed by atoms with Gasteiger partial charge in [0.2, 0.25) is 5.91 Å². The van der Waals surface area contributed by atoms with E-state index in [0.29, 0.717) is 12.3 Å². The maximum Gasteiger partial charge on any atom is 0.325 e. The van der Waals surface area contributed by atoms with Gasteiger partial charge in [-0.15, -0.1) is 0 Å². The quantitative estimate of drug-likeness (QED) is 0.797. The molecule has 1 heterocycles. The molecule has 0 unspecified atom stereocenters. The molecule has 5 heteroatoms. The molecule has 1 N–H and O–H groups in total. The number of hydrogen-bond acceptors (Lipinski definition) is 4. The van der Waals surface area contributed by atoms with Crippen molar-refractivity contribution in [1.29, 1.82) is 0 Å². The fraction of sp³-hybridized carbons (Fsp3) is 0.462. The minimum absolute atomic E-state index is 0.108. The molecule has 98 valence electrons. The van der Waals surface area contributed by atoms with Gasteiger partial charge in [-0.2, -0.15) is 0 Å². The van der Waals surface area contributed by atoms with E-state index in [1.807, 2.05) is 19.1 Å². The number of pyridine rings is 1. The fourth-order valence-corrected chi connectivity index (χ4v) is 1.46. The van der Waals surface area contributed by atoms with Crippen LogP contribution in [0.3, 0.4) is 0 Å². The normalized spacial score (nSPS) is 11.7. The van der Waals surface area contributed by atoms with Gasteiger partial charge in [0.1, 0.15) is 6.54 Å². The molecule has 0 saturated carbocycles. The topological polar surface area (TPSA) is 68.3 Å². The monoisotopic (exact) mass is 250 g/mol. The Bertz CT molecular complexity index is 432. The molecule has 1 aromatic rings. The van der Waals surface area contributed by atoms with Crippen LogP contribution in [0.4, 0.5) is 0 Å². The Morgan fingerprint density at radius 1 is 1.50 bits per heavy atom. The van der Waals surface area contributed by atoms with Crippen LogP contribution >= 0.6 is 0 Å². The zero-order valence-corrected chi connectivity index (χ0v) is 10.9. The van der Waals surface area contributed by atoms with Crippen LogP contribution in [-0.4, -0.2) is 30.0 Å². The van der Waals surface area contributed by atoms with E-state index in [-0.39, 0.29) is 18.4 Å². The molecular weight excluding hydrogens is 232 g/mol. The Morgan fingerprint density at radius 3 is 2.83 bits per heavy atom. The second-order valence-corrected chi connectivity index (χ2v) is 4.00. The molecule has 5 nitrogen and oxygen atoms in total. The first-order valence-electron chi connectivity index (χ1n) is 5.90. The highest BCUT2D eigenvalue weighted by Crippen LogP contribution is 2.13. The number of nitrogens with one attached hydrogen (secondary N) is 1. The molecule has 18 heavy (non-hydrogen) atoms. The van der Waals surface area contributed by atoms with Gasteiger partial charge in [0.05, 0.1) is 18.2 Å². The Balaban J connectivity index is 2.54. The summed E-state index contributed by atoms with van der Waals surface area (Å²) in [6.07, 6.45) is 1.67. The van der Waals surface area contributed by atoms with Crippen molar-refractivity contribution in [2.24, 2.45) is 0 Å². The summed E-state index contributed by atoms with van der Waals surface area (Å²) >= 11 is 0. The van der Waals surface area contributed by atoms with Gasteiger partial charge in [0, 0.05) is 6.20 Å². The minimum atomic E-state index is -0.435.